The number of rotatable bonds is 4. The maximum atomic E-state index is 5.95. The summed E-state index contributed by atoms with van der Waals surface area (Å²) in [6, 6.07) is 15.4. The number of nitrogens with two attached hydrogens (primary N) is 1. The Labute approximate surface area is 181 Å². The van der Waals surface area contributed by atoms with Crippen LogP contribution in [0.3, 0.4) is 0 Å². The minimum atomic E-state index is 0.474. The number of nitrogen functional groups attached to an aromatic ring is 1. The number of anilines is 4. The third kappa shape index (κ3) is 4.67. The summed E-state index contributed by atoms with van der Waals surface area (Å²) in [7, 11) is 0. The van der Waals surface area contributed by atoms with Crippen LogP contribution in [0.25, 0.3) is 11.4 Å². The van der Waals surface area contributed by atoms with Crippen LogP contribution in [0.15, 0.2) is 54.7 Å². The number of morpholine rings is 1. The first-order chi connectivity index (χ1) is 14.6. The van der Waals surface area contributed by atoms with Crippen LogP contribution >= 0.6 is 12.2 Å². The summed E-state index contributed by atoms with van der Waals surface area (Å²) < 4.78 is 5.45. The molecule has 3 aromatic rings. The molecule has 0 bridgehead atoms. The van der Waals surface area contributed by atoms with Gasteiger partial charge in [-0.3, -0.25) is 0 Å². The van der Waals surface area contributed by atoms with E-state index in [-0.39, 0.29) is 0 Å². The van der Waals surface area contributed by atoms with Crippen LogP contribution in [0.1, 0.15) is 5.56 Å². The zero-order valence-electron chi connectivity index (χ0n) is 16.8. The number of para-hydroxylation sites is 2. The third-order valence-electron chi connectivity index (χ3n) is 4.87. The van der Waals surface area contributed by atoms with E-state index in [0.717, 1.165) is 54.6 Å². The number of benzene rings is 2. The van der Waals surface area contributed by atoms with E-state index >= 15 is 0 Å². The molecule has 2 heterocycles. The molecule has 1 saturated heterocycles. The lowest BCUT2D eigenvalue weighted by Gasteiger charge is -2.29. The van der Waals surface area contributed by atoms with E-state index in [2.05, 4.69) is 20.5 Å². The first-order valence-electron chi connectivity index (χ1n) is 9.79. The lowest BCUT2D eigenvalue weighted by molar-refractivity contribution is 0.122. The highest BCUT2D eigenvalue weighted by molar-refractivity contribution is 7.80. The normalized spacial score (nSPS) is 13.7. The molecule has 2 aromatic carbocycles. The lowest BCUT2D eigenvalue weighted by atomic mass is 10.2. The van der Waals surface area contributed by atoms with Gasteiger partial charge in [0.1, 0.15) is 5.82 Å². The van der Waals surface area contributed by atoms with Crippen molar-refractivity contribution in [2.75, 3.05) is 47.6 Å². The number of aromatic nitrogens is 2. The van der Waals surface area contributed by atoms with E-state index in [0.29, 0.717) is 16.6 Å². The molecule has 30 heavy (non-hydrogen) atoms. The molecule has 0 radical (unpaired) electrons. The van der Waals surface area contributed by atoms with Crippen molar-refractivity contribution in [2.24, 2.45) is 0 Å². The molecule has 0 unspecified atom stereocenters. The Kier molecular flexibility index (Phi) is 6.06. The highest BCUT2D eigenvalue weighted by Crippen LogP contribution is 2.24. The molecule has 1 aliphatic rings. The zero-order valence-corrected chi connectivity index (χ0v) is 17.6. The fraction of sp³-hybridized carbons (Fsp3) is 0.227. The van der Waals surface area contributed by atoms with Gasteiger partial charge in [-0.05, 0) is 55.5 Å². The molecule has 4 rings (SSSR count). The molecule has 4 N–H and O–H groups in total. The highest BCUT2D eigenvalue weighted by atomic mass is 32.1. The van der Waals surface area contributed by atoms with Gasteiger partial charge < -0.3 is 26.0 Å². The Hall–Kier alpha value is -3.23. The summed E-state index contributed by atoms with van der Waals surface area (Å²) in [4.78, 5) is 11.6. The topological polar surface area (TPSA) is 88.3 Å². The number of nitrogens with zero attached hydrogens (tertiary/aromatic N) is 3. The average molecular weight is 421 g/mol. The Balaban J connectivity index is 1.46. The molecule has 0 amide bonds. The fourth-order valence-electron chi connectivity index (χ4n) is 3.27. The van der Waals surface area contributed by atoms with Gasteiger partial charge in [0.25, 0.3) is 0 Å². The molecule has 0 aliphatic carbocycles. The summed E-state index contributed by atoms with van der Waals surface area (Å²) in [5, 5.41) is 6.75. The lowest BCUT2D eigenvalue weighted by Crippen LogP contribution is -2.37. The predicted molar refractivity (Wildman–Crippen MR) is 126 cm³/mol. The second-order valence-corrected chi connectivity index (χ2v) is 7.45. The highest BCUT2D eigenvalue weighted by Gasteiger charge is 2.16. The first-order valence-corrected chi connectivity index (χ1v) is 10.2. The van der Waals surface area contributed by atoms with Crippen molar-refractivity contribution in [1.82, 2.24) is 9.97 Å². The minimum absolute atomic E-state index is 0.474. The van der Waals surface area contributed by atoms with Gasteiger partial charge in [0.15, 0.2) is 10.9 Å². The van der Waals surface area contributed by atoms with E-state index < -0.39 is 0 Å². The summed E-state index contributed by atoms with van der Waals surface area (Å²) in [6.07, 6.45) is 1.88. The number of ether oxygens (including phenoxy) is 1. The van der Waals surface area contributed by atoms with Gasteiger partial charge in [-0.25, -0.2) is 9.97 Å². The van der Waals surface area contributed by atoms with Gasteiger partial charge in [0.2, 0.25) is 0 Å². The molecular weight excluding hydrogens is 396 g/mol. The molecule has 8 heteroatoms. The Bertz CT molecular complexity index is 1030. The summed E-state index contributed by atoms with van der Waals surface area (Å²) in [5.41, 5.74) is 10.2. The van der Waals surface area contributed by atoms with Crippen LogP contribution in [-0.2, 0) is 4.74 Å². The minimum Gasteiger partial charge on any atom is -0.397 e. The summed E-state index contributed by atoms with van der Waals surface area (Å²) in [6.45, 7) is 5.17. The van der Waals surface area contributed by atoms with Gasteiger partial charge >= 0.3 is 0 Å². The molecule has 0 atom stereocenters. The van der Waals surface area contributed by atoms with Gasteiger partial charge in [-0.2, -0.15) is 0 Å². The van der Waals surface area contributed by atoms with Gasteiger partial charge in [-0.15, -0.1) is 0 Å². The third-order valence-corrected chi connectivity index (χ3v) is 5.07. The van der Waals surface area contributed by atoms with Crippen LogP contribution in [-0.4, -0.2) is 41.4 Å². The number of nitrogens with one attached hydrogen (secondary N) is 2. The average Bonchev–Trinajstić information content (AvgIpc) is 2.77. The second-order valence-electron chi connectivity index (χ2n) is 7.04. The van der Waals surface area contributed by atoms with Crippen molar-refractivity contribution in [3.8, 4) is 11.4 Å². The first kappa shape index (κ1) is 20.1. The van der Waals surface area contributed by atoms with Crippen molar-refractivity contribution in [1.29, 1.82) is 0 Å². The monoisotopic (exact) mass is 420 g/mol. The number of hydrogen-bond acceptors (Lipinski definition) is 6. The van der Waals surface area contributed by atoms with Gasteiger partial charge in [-0.1, -0.05) is 12.1 Å². The van der Waals surface area contributed by atoms with Crippen LogP contribution in [0.4, 0.5) is 22.9 Å². The Morgan fingerprint density at radius 1 is 1.07 bits per heavy atom. The molecule has 1 aromatic heterocycles. The maximum absolute atomic E-state index is 5.95. The number of thiocarbonyl (C=S) groups is 1. The number of hydrogen-bond donors (Lipinski definition) is 3. The Morgan fingerprint density at radius 2 is 1.80 bits per heavy atom. The van der Waals surface area contributed by atoms with Crippen molar-refractivity contribution in [3.05, 3.63) is 60.3 Å². The van der Waals surface area contributed by atoms with Crippen LogP contribution in [0.2, 0.25) is 0 Å². The van der Waals surface area contributed by atoms with Crippen LogP contribution in [0, 0.1) is 6.92 Å². The molecular formula is C22H24N6OS. The van der Waals surface area contributed by atoms with E-state index in [1.807, 2.05) is 61.7 Å². The van der Waals surface area contributed by atoms with Gasteiger partial charge in [0.05, 0.1) is 24.6 Å². The van der Waals surface area contributed by atoms with E-state index in [1.165, 1.54) is 0 Å². The molecule has 0 saturated carbocycles. The van der Waals surface area contributed by atoms with Crippen molar-refractivity contribution < 1.29 is 4.74 Å². The van der Waals surface area contributed by atoms with E-state index in [9.17, 15) is 0 Å². The smallest absolute Gasteiger partial charge is 0.175 e. The predicted octanol–water partition coefficient (Wildman–Crippen LogP) is 3.68. The SMILES string of the molecule is Cc1cnc(-c2ccc(NC(=S)Nc3ccccc3N)cc2)nc1N1CCOCC1. The summed E-state index contributed by atoms with van der Waals surface area (Å²) in [5.74, 6) is 1.67. The van der Waals surface area contributed by atoms with Gasteiger partial charge in [0, 0.05) is 36.1 Å². The molecule has 7 nitrogen and oxygen atoms in total. The number of aryl methyl sites for hydroxylation is 1. The van der Waals surface area contributed by atoms with E-state index in [4.69, 9.17) is 27.7 Å². The molecule has 1 aliphatic heterocycles. The van der Waals surface area contributed by atoms with Crippen molar-refractivity contribution in [3.63, 3.8) is 0 Å². The van der Waals surface area contributed by atoms with Crippen LogP contribution < -0.4 is 21.3 Å². The van der Waals surface area contributed by atoms with E-state index in [1.54, 1.807) is 0 Å². The maximum Gasteiger partial charge on any atom is 0.175 e. The largest absolute Gasteiger partial charge is 0.397 e. The van der Waals surface area contributed by atoms with Crippen molar-refractivity contribution in [2.45, 2.75) is 6.92 Å². The molecule has 1 fully saturated rings. The fourth-order valence-corrected chi connectivity index (χ4v) is 3.49. The quantitative estimate of drug-likeness (QED) is 0.435. The van der Waals surface area contributed by atoms with Crippen LogP contribution in [0.5, 0.6) is 0 Å². The zero-order chi connectivity index (χ0) is 20.9. The second kappa shape index (κ2) is 9.06. The van der Waals surface area contributed by atoms with Crippen molar-refractivity contribution >= 4 is 40.2 Å². The standard InChI is InChI=1S/C22H24N6OS/c1-15-14-24-20(27-21(15)28-10-12-29-13-11-28)16-6-8-17(9-7-16)25-22(30)26-19-5-3-2-4-18(19)23/h2-9,14H,10-13,23H2,1H3,(H2,25,26,30). The summed E-state index contributed by atoms with van der Waals surface area (Å²) >= 11 is 5.39. The Morgan fingerprint density at radius 3 is 2.53 bits per heavy atom. The molecule has 154 valence electrons. The molecule has 0 spiro atoms.